The van der Waals surface area contributed by atoms with Crippen molar-refractivity contribution in [3.05, 3.63) is 87.9 Å². The van der Waals surface area contributed by atoms with Gasteiger partial charge in [-0.2, -0.15) is 0 Å². The quantitative estimate of drug-likeness (QED) is 0.467. The van der Waals surface area contributed by atoms with Gasteiger partial charge in [-0.05, 0) is 55.3 Å². The van der Waals surface area contributed by atoms with Gasteiger partial charge in [-0.3, -0.25) is 9.52 Å². The number of nitrogens with one attached hydrogen (secondary N) is 1. The van der Waals surface area contributed by atoms with Crippen molar-refractivity contribution in [1.82, 2.24) is 0 Å². The van der Waals surface area contributed by atoms with Crippen LogP contribution >= 0.6 is 23.2 Å². The first-order chi connectivity index (χ1) is 16.2. The molecule has 0 unspecified atom stereocenters. The first-order valence-corrected chi connectivity index (χ1v) is 12.6. The van der Waals surface area contributed by atoms with E-state index in [1.807, 2.05) is 24.3 Å². The Hall–Kier alpha value is -3.07. The molecule has 176 valence electrons. The minimum atomic E-state index is -4.16. The maximum Gasteiger partial charge on any atom is 0.338 e. The number of sulfonamides is 1. The Labute approximate surface area is 207 Å². The lowest BCUT2D eigenvalue weighted by Crippen LogP contribution is -2.39. The summed E-state index contributed by atoms with van der Waals surface area (Å²) >= 11 is 12.2. The number of para-hydroxylation sites is 2. The molecule has 4 rings (SSSR count). The van der Waals surface area contributed by atoms with Crippen LogP contribution in [-0.4, -0.2) is 32.9 Å². The summed E-state index contributed by atoms with van der Waals surface area (Å²) < 4.78 is 33.5. The first kappa shape index (κ1) is 24.1. The van der Waals surface area contributed by atoms with Crippen LogP contribution in [0.4, 0.5) is 11.4 Å². The number of amides is 1. The molecule has 10 heteroatoms. The van der Waals surface area contributed by atoms with Gasteiger partial charge in [0.2, 0.25) is 0 Å². The number of nitrogens with zero attached hydrogens (tertiary/aromatic N) is 1. The Morgan fingerprint density at radius 2 is 1.71 bits per heavy atom. The molecule has 0 saturated heterocycles. The predicted octanol–water partition coefficient (Wildman–Crippen LogP) is 4.93. The van der Waals surface area contributed by atoms with Crippen LogP contribution in [0, 0.1) is 0 Å². The van der Waals surface area contributed by atoms with E-state index in [0.29, 0.717) is 6.54 Å². The van der Waals surface area contributed by atoms with E-state index in [9.17, 15) is 18.0 Å². The molecule has 0 spiro atoms. The lowest BCUT2D eigenvalue weighted by Gasteiger charge is -2.21. The van der Waals surface area contributed by atoms with Gasteiger partial charge in [0.1, 0.15) is 4.90 Å². The van der Waals surface area contributed by atoms with Gasteiger partial charge in [-0.15, -0.1) is 0 Å². The van der Waals surface area contributed by atoms with Crippen molar-refractivity contribution in [3.8, 4) is 0 Å². The summed E-state index contributed by atoms with van der Waals surface area (Å²) in [6.07, 6.45) is -0.352. The highest BCUT2D eigenvalue weighted by molar-refractivity contribution is 7.92. The fourth-order valence-electron chi connectivity index (χ4n) is 3.65. The summed E-state index contributed by atoms with van der Waals surface area (Å²) in [4.78, 5) is 26.9. The third kappa shape index (κ3) is 4.89. The Morgan fingerprint density at radius 3 is 2.47 bits per heavy atom. The molecule has 1 amide bonds. The van der Waals surface area contributed by atoms with Gasteiger partial charge >= 0.3 is 5.97 Å². The van der Waals surface area contributed by atoms with Gasteiger partial charge in [0.15, 0.2) is 6.10 Å². The van der Waals surface area contributed by atoms with E-state index < -0.39 is 22.1 Å². The smallest absolute Gasteiger partial charge is 0.338 e. The number of fused-ring (bicyclic) bond motifs is 1. The Kier molecular flexibility index (Phi) is 6.84. The molecule has 0 fully saturated rings. The molecule has 0 aliphatic carbocycles. The molecule has 0 radical (unpaired) electrons. The molecule has 7 nitrogen and oxygen atoms in total. The van der Waals surface area contributed by atoms with Gasteiger partial charge in [-0.25, -0.2) is 13.2 Å². The van der Waals surface area contributed by atoms with Crippen molar-refractivity contribution >= 4 is 56.5 Å². The van der Waals surface area contributed by atoms with Gasteiger partial charge in [0.25, 0.3) is 15.9 Å². The minimum absolute atomic E-state index is 0.0644. The molecule has 0 saturated carbocycles. The van der Waals surface area contributed by atoms with Crippen LogP contribution < -0.4 is 9.62 Å². The number of benzene rings is 3. The molecule has 3 aromatic rings. The second kappa shape index (κ2) is 9.66. The van der Waals surface area contributed by atoms with E-state index in [2.05, 4.69) is 4.72 Å². The van der Waals surface area contributed by atoms with Crippen molar-refractivity contribution < 1.29 is 22.7 Å². The fraction of sp³-hybridized carbons (Fsp3) is 0.167. The molecule has 0 aromatic heterocycles. The third-order valence-electron chi connectivity index (χ3n) is 5.36. The van der Waals surface area contributed by atoms with Crippen LogP contribution in [0.25, 0.3) is 0 Å². The number of hydrogen-bond donors (Lipinski definition) is 1. The Morgan fingerprint density at radius 1 is 1.00 bits per heavy atom. The SMILES string of the molecule is C[C@@H](OC(=O)c1ccc(Cl)c(S(=O)(=O)Nc2ccccc2Cl)c1)C(=O)N1CCc2ccccc21. The Bertz CT molecular complexity index is 1380. The third-order valence-corrected chi connectivity index (χ3v) is 7.54. The average Bonchev–Trinajstić information content (AvgIpc) is 3.24. The number of esters is 1. The number of rotatable bonds is 6. The van der Waals surface area contributed by atoms with Crippen molar-refractivity contribution in [3.63, 3.8) is 0 Å². The molecular weight excluding hydrogens is 499 g/mol. The van der Waals surface area contributed by atoms with Crippen LogP contribution in [0.3, 0.4) is 0 Å². The second-order valence-electron chi connectivity index (χ2n) is 7.65. The summed E-state index contributed by atoms with van der Waals surface area (Å²) in [5, 5.41) is 0.113. The number of carbonyl (C=O) groups is 2. The molecule has 1 aliphatic rings. The number of anilines is 2. The van der Waals surface area contributed by atoms with E-state index in [1.54, 1.807) is 17.0 Å². The van der Waals surface area contributed by atoms with E-state index >= 15 is 0 Å². The predicted molar refractivity (Wildman–Crippen MR) is 131 cm³/mol. The molecule has 1 N–H and O–H groups in total. The summed E-state index contributed by atoms with van der Waals surface area (Å²) in [7, 11) is -4.16. The largest absolute Gasteiger partial charge is 0.449 e. The molecular formula is C24H20Cl2N2O5S. The topological polar surface area (TPSA) is 92.8 Å². The van der Waals surface area contributed by atoms with Crippen LogP contribution in [0.15, 0.2) is 71.6 Å². The van der Waals surface area contributed by atoms with Crippen molar-refractivity contribution in [2.75, 3.05) is 16.2 Å². The van der Waals surface area contributed by atoms with Gasteiger partial charge < -0.3 is 9.64 Å². The summed E-state index contributed by atoms with van der Waals surface area (Å²) in [5.41, 5.74) is 1.94. The lowest BCUT2D eigenvalue weighted by atomic mass is 10.2. The summed E-state index contributed by atoms with van der Waals surface area (Å²) in [5.74, 6) is -1.21. The molecule has 1 aliphatic heterocycles. The summed E-state index contributed by atoms with van der Waals surface area (Å²) in [6.45, 7) is 1.98. The van der Waals surface area contributed by atoms with Crippen LogP contribution in [-0.2, 0) is 26.0 Å². The molecule has 34 heavy (non-hydrogen) atoms. The number of ether oxygens (including phenoxy) is 1. The van der Waals surface area contributed by atoms with Crippen molar-refractivity contribution in [2.45, 2.75) is 24.3 Å². The Balaban J connectivity index is 1.51. The molecule has 0 bridgehead atoms. The normalized spacial score (nSPS) is 13.8. The molecule has 1 heterocycles. The van der Waals surface area contributed by atoms with Gasteiger partial charge in [0.05, 0.1) is 21.3 Å². The van der Waals surface area contributed by atoms with Crippen LogP contribution in [0.1, 0.15) is 22.8 Å². The zero-order chi connectivity index (χ0) is 24.5. The number of hydrogen-bond acceptors (Lipinski definition) is 5. The lowest BCUT2D eigenvalue weighted by molar-refractivity contribution is -0.126. The van der Waals surface area contributed by atoms with E-state index in [1.165, 1.54) is 31.2 Å². The average molecular weight is 519 g/mol. The van der Waals surface area contributed by atoms with Crippen molar-refractivity contribution in [2.24, 2.45) is 0 Å². The maximum absolute atomic E-state index is 12.9. The zero-order valence-corrected chi connectivity index (χ0v) is 20.3. The monoisotopic (exact) mass is 518 g/mol. The standard InChI is InChI=1S/C24H20Cl2N2O5S/c1-15(23(29)28-13-12-16-6-2-5-9-21(16)28)33-24(30)17-10-11-19(26)22(14-17)34(31,32)27-20-8-4-3-7-18(20)25/h2-11,14-15,27H,12-13H2,1H3/t15-/m1/s1. The highest BCUT2D eigenvalue weighted by Gasteiger charge is 2.30. The van der Waals surface area contributed by atoms with Crippen molar-refractivity contribution in [1.29, 1.82) is 0 Å². The zero-order valence-electron chi connectivity index (χ0n) is 18.0. The van der Waals surface area contributed by atoms with E-state index in [4.69, 9.17) is 27.9 Å². The van der Waals surface area contributed by atoms with E-state index in [0.717, 1.165) is 23.7 Å². The molecule has 3 aromatic carbocycles. The first-order valence-electron chi connectivity index (χ1n) is 10.3. The maximum atomic E-state index is 12.9. The van der Waals surface area contributed by atoms with Gasteiger partial charge in [0, 0.05) is 12.2 Å². The molecule has 1 atom stereocenters. The number of halogens is 2. The van der Waals surface area contributed by atoms with E-state index in [-0.39, 0.29) is 32.1 Å². The fourth-order valence-corrected chi connectivity index (χ4v) is 5.49. The number of carbonyl (C=O) groups excluding carboxylic acids is 2. The van der Waals surface area contributed by atoms with Gasteiger partial charge in [-0.1, -0.05) is 53.5 Å². The summed E-state index contributed by atoms with van der Waals surface area (Å²) in [6, 6.07) is 17.6. The highest BCUT2D eigenvalue weighted by Crippen LogP contribution is 2.30. The minimum Gasteiger partial charge on any atom is -0.449 e. The second-order valence-corrected chi connectivity index (χ2v) is 10.1. The van der Waals surface area contributed by atoms with Crippen LogP contribution in [0.5, 0.6) is 0 Å². The van der Waals surface area contributed by atoms with Crippen LogP contribution in [0.2, 0.25) is 10.0 Å². The highest BCUT2D eigenvalue weighted by atomic mass is 35.5.